The quantitative estimate of drug-likeness (QED) is 0.594. The summed E-state index contributed by atoms with van der Waals surface area (Å²) in [6.45, 7) is 3.79. The number of amidine groups is 1. The fraction of sp³-hybridized carbons (Fsp3) is 0.167. The van der Waals surface area contributed by atoms with Gasteiger partial charge in [-0.15, -0.1) is 11.3 Å². The second-order valence-electron chi connectivity index (χ2n) is 5.92. The van der Waals surface area contributed by atoms with E-state index >= 15 is 0 Å². The maximum Gasteiger partial charge on any atom is 0.148 e. The van der Waals surface area contributed by atoms with Gasteiger partial charge in [0.15, 0.2) is 0 Å². The van der Waals surface area contributed by atoms with Crippen LogP contribution in [0.15, 0.2) is 44.8 Å². The van der Waals surface area contributed by atoms with Crippen molar-refractivity contribution in [2.75, 3.05) is 13.1 Å². The Bertz CT molecular complexity index is 1030. The Morgan fingerprint density at radius 2 is 2.04 bits per heavy atom. The minimum absolute atomic E-state index is 0.834. The number of nitrogens with zero attached hydrogens (tertiary/aromatic N) is 4. The highest BCUT2D eigenvalue weighted by Crippen LogP contribution is 2.45. The first-order valence-corrected chi connectivity index (χ1v) is 9.37. The zero-order chi connectivity index (χ0) is 16.3. The van der Waals surface area contributed by atoms with E-state index in [-0.39, 0.29) is 0 Å². The molecule has 2 aromatic heterocycles. The van der Waals surface area contributed by atoms with E-state index in [1.54, 1.807) is 11.3 Å². The number of aromatic nitrogens is 1. The van der Waals surface area contributed by atoms with Gasteiger partial charge in [-0.25, -0.2) is 9.98 Å². The number of aliphatic imine (C=N–C) groups is 2. The van der Waals surface area contributed by atoms with E-state index in [0.29, 0.717) is 0 Å². The van der Waals surface area contributed by atoms with Crippen molar-refractivity contribution in [2.45, 2.75) is 6.92 Å². The van der Waals surface area contributed by atoms with Crippen LogP contribution in [0.4, 0.5) is 5.69 Å². The third kappa shape index (κ3) is 2.06. The van der Waals surface area contributed by atoms with E-state index in [2.05, 4.69) is 56.2 Å². The highest BCUT2D eigenvalue weighted by atomic mass is 79.9. The number of fused-ring (bicyclic) bond motifs is 5. The summed E-state index contributed by atoms with van der Waals surface area (Å²) in [5.74, 6) is 1.04. The van der Waals surface area contributed by atoms with Gasteiger partial charge in [0.2, 0.25) is 0 Å². The van der Waals surface area contributed by atoms with Gasteiger partial charge in [0.05, 0.1) is 23.4 Å². The lowest BCUT2D eigenvalue weighted by molar-refractivity contribution is 0.682. The van der Waals surface area contributed by atoms with Crippen LogP contribution in [0.25, 0.3) is 21.3 Å². The number of rotatable bonds is 1. The van der Waals surface area contributed by atoms with Crippen molar-refractivity contribution >= 4 is 55.3 Å². The molecule has 3 aromatic rings. The third-order valence-electron chi connectivity index (χ3n) is 4.32. The van der Waals surface area contributed by atoms with Crippen LogP contribution in [-0.2, 0) is 0 Å². The van der Waals surface area contributed by atoms with E-state index in [9.17, 15) is 0 Å². The van der Waals surface area contributed by atoms with Crippen molar-refractivity contribution in [3.63, 3.8) is 0 Å². The zero-order valence-electron chi connectivity index (χ0n) is 13.0. The molecular formula is C18H13BrN4S. The van der Waals surface area contributed by atoms with Crippen molar-refractivity contribution in [2.24, 2.45) is 9.98 Å². The van der Waals surface area contributed by atoms with Gasteiger partial charge in [0, 0.05) is 22.1 Å². The molecule has 0 atom stereocenters. The van der Waals surface area contributed by atoms with Gasteiger partial charge in [-0.1, -0.05) is 28.1 Å². The van der Waals surface area contributed by atoms with Gasteiger partial charge in [0.25, 0.3) is 0 Å². The number of hydrogen-bond donors (Lipinski definition) is 0. The number of halogens is 1. The molecule has 4 heterocycles. The molecule has 0 amide bonds. The van der Waals surface area contributed by atoms with Crippen molar-refractivity contribution in [3.8, 4) is 11.1 Å². The molecule has 0 saturated carbocycles. The summed E-state index contributed by atoms with van der Waals surface area (Å²) >= 11 is 5.21. The summed E-state index contributed by atoms with van der Waals surface area (Å²) in [7, 11) is 0. The van der Waals surface area contributed by atoms with Gasteiger partial charge in [0.1, 0.15) is 10.7 Å². The number of benzene rings is 1. The van der Waals surface area contributed by atoms with Crippen LogP contribution < -0.4 is 0 Å². The van der Waals surface area contributed by atoms with Crippen LogP contribution >= 0.6 is 27.3 Å². The van der Waals surface area contributed by atoms with Gasteiger partial charge in [-0.05, 0) is 36.2 Å². The van der Waals surface area contributed by atoms with E-state index < -0.39 is 0 Å². The number of thiophene rings is 1. The summed E-state index contributed by atoms with van der Waals surface area (Å²) in [6, 6.07) is 10.6. The summed E-state index contributed by atoms with van der Waals surface area (Å²) < 4.78 is 1.08. The predicted molar refractivity (Wildman–Crippen MR) is 104 cm³/mol. The molecule has 0 unspecified atom stereocenters. The van der Waals surface area contributed by atoms with Crippen molar-refractivity contribution in [1.29, 1.82) is 0 Å². The van der Waals surface area contributed by atoms with Crippen molar-refractivity contribution in [1.82, 2.24) is 9.88 Å². The lowest BCUT2D eigenvalue weighted by Crippen LogP contribution is -2.28. The molecule has 2 aliphatic rings. The second kappa shape index (κ2) is 5.22. The minimum atomic E-state index is 0.834. The molecule has 4 nitrogen and oxygen atoms in total. The lowest BCUT2D eigenvalue weighted by Gasteiger charge is -2.18. The molecule has 24 heavy (non-hydrogen) atoms. The summed E-state index contributed by atoms with van der Waals surface area (Å²) in [5.41, 5.74) is 4.40. The maximum atomic E-state index is 4.76. The molecule has 0 spiro atoms. The lowest BCUT2D eigenvalue weighted by atomic mass is 10.0. The van der Waals surface area contributed by atoms with Gasteiger partial charge >= 0.3 is 0 Å². The van der Waals surface area contributed by atoms with Crippen LogP contribution in [0.5, 0.6) is 0 Å². The average molecular weight is 397 g/mol. The number of pyridine rings is 1. The average Bonchev–Trinajstić information content (AvgIpc) is 3.18. The molecule has 2 aliphatic heterocycles. The molecule has 6 heteroatoms. The molecule has 0 radical (unpaired) electrons. The Morgan fingerprint density at radius 3 is 2.88 bits per heavy atom. The van der Waals surface area contributed by atoms with E-state index in [1.807, 2.05) is 13.3 Å². The molecule has 0 saturated heterocycles. The van der Waals surface area contributed by atoms with E-state index in [4.69, 9.17) is 9.98 Å². The smallest absolute Gasteiger partial charge is 0.148 e. The van der Waals surface area contributed by atoms with Crippen LogP contribution in [0.2, 0.25) is 0 Å². The predicted octanol–water partition coefficient (Wildman–Crippen LogP) is 4.77. The molecule has 1 aromatic carbocycles. The first-order valence-electron chi connectivity index (χ1n) is 7.76. The Labute approximate surface area is 151 Å². The zero-order valence-corrected chi connectivity index (χ0v) is 15.4. The summed E-state index contributed by atoms with van der Waals surface area (Å²) in [5, 5.41) is 1.13. The van der Waals surface area contributed by atoms with Crippen LogP contribution in [-0.4, -0.2) is 35.1 Å². The first kappa shape index (κ1) is 14.3. The SMILES string of the molecule is Cc1cc(-c2ccc(Br)cc2)c2c3c(sc2n1)C1=NCCN1C=N3. The van der Waals surface area contributed by atoms with E-state index in [1.165, 1.54) is 11.1 Å². The van der Waals surface area contributed by atoms with Crippen molar-refractivity contribution < 1.29 is 0 Å². The van der Waals surface area contributed by atoms with Gasteiger partial charge < -0.3 is 4.90 Å². The number of aryl methyl sites for hydroxylation is 1. The summed E-state index contributed by atoms with van der Waals surface area (Å²) in [6.07, 6.45) is 1.91. The topological polar surface area (TPSA) is 40.9 Å². The van der Waals surface area contributed by atoms with Crippen LogP contribution in [0.3, 0.4) is 0 Å². The fourth-order valence-corrected chi connectivity index (χ4v) is 4.72. The fourth-order valence-electron chi connectivity index (χ4n) is 3.24. The molecule has 5 rings (SSSR count). The molecule has 118 valence electrons. The standard InChI is InChI=1S/C18H13BrN4S/c1-10-8-13(11-2-4-12(19)5-3-11)14-15-16(24-18(14)22-10)17-20-6-7-23(17)9-21-15/h2-5,8-9H,6-7H2,1H3. The monoisotopic (exact) mass is 396 g/mol. The minimum Gasteiger partial charge on any atom is -0.314 e. The first-order chi connectivity index (χ1) is 11.7. The van der Waals surface area contributed by atoms with Gasteiger partial charge in [-0.3, -0.25) is 4.99 Å². The summed E-state index contributed by atoms with van der Waals surface area (Å²) in [4.78, 5) is 18.5. The van der Waals surface area contributed by atoms with Crippen molar-refractivity contribution in [3.05, 3.63) is 45.4 Å². The normalized spacial score (nSPS) is 15.6. The molecular weight excluding hydrogens is 384 g/mol. The molecule has 0 aliphatic carbocycles. The molecule has 0 fully saturated rings. The Morgan fingerprint density at radius 1 is 1.21 bits per heavy atom. The third-order valence-corrected chi connectivity index (χ3v) is 5.92. The molecule has 0 bridgehead atoms. The maximum absolute atomic E-state index is 4.76. The highest BCUT2D eigenvalue weighted by molar-refractivity contribution is 9.10. The highest BCUT2D eigenvalue weighted by Gasteiger charge is 2.28. The Hall–Kier alpha value is -2.05. The number of hydrogen-bond acceptors (Lipinski definition) is 5. The van der Waals surface area contributed by atoms with Crippen LogP contribution in [0.1, 0.15) is 10.6 Å². The Kier molecular flexibility index (Phi) is 3.11. The van der Waals surface area contributed by atoms with Crippen LogP contribution in [0, 0.1) is 6.92 Å². The Balaban J connectivity index is 1.83. The second-order valence-corrected chi connectivity index (χ2v) is 7.84. The van der Waals surface area contributed by atoms with E-state index in [0.717, 1.165) is 49.9 Å². The largest absolute Gasteiger partial charge is 0.314 e. The molecule has 0 N–H and O–H groups in total. The van der Waals surface area contributed by atoms with Gasteiger partial charge in [-0.2, -0.15) is 0 Å².